The number of amides is 1. The summed E-state index contributed by atoms with van der Waals surface area (Å²) in [6.07, 6.45) is 9.32. The molecule has 2 N–H and O–H groups in total. The van der Waals surface area contributed by atoms with Gasteiger partial charge in [0.1, 0.15) is 0 Å². The average Bonchev–Trinajstić information content (AvgIpc) is 3.19. The van der Waals surface area contributed by atoms with Crippen LogP contribution in [0.2, 0.25) is 0 Å². The number of carbonyl (C=O) groups is 2. The van der Waals surface area contributed by atoms with Gasteiger partial charge in [0.2, 0.25) is 0 Å². The Morgan fingerprint density at radius 1 is 1.23 bits per heavy atom. The molecule has 3 aliphatic carbocycles. The largest absolute Gasteiger partial charge is 0.481 e. The van der Waals surface area contributed by atoms with Crippen LogP contribution in [0.3, 0.4) is 0 Å². The summed E-state index contributed by atoms with van der Waals surface area (Å²) < 4.78 is 1.06. The molecule has 1 aromatic heterocycles. The Kier molecular flexibility index (Phi) is 6.01. The van der Waals surface area contributed by atoms with Crippen molar-refractivity contribution in [3.63, 3.8) is 0 Å². The van der Waals surface area contributed by atoms with Crippen LogP contribution in [-0.4, -0.2) is 23.0 Å². The lowest BCUT2D eigenvalue weighted by Crippen LogP contribution is -2.63. The summed E-state index contributed by atoms with van der Waals surface area (Å²) in [6, 6.07) is 8.21. The third-order valence-electron chi connectivity index (χ3n) is 7.46. The quantitative estimate of drug-likeness (QED) is 0.410. The highest BCUT2D eigenvalue weighted by molar-refractivity contribution is 7.17. The molecule has 160 valence electrons. The molecule has 3 fully saturated rings. The summed E-state index contributed by atoms with van der Waals surface area (Å²) in [4.78, 5) is 23.9. The molecule has 30 heavy (non-hydrogen) atoms. The van der Waals surface area contributed by atoms with Gasteiger partial charge in [-0.2, -0.15) is 0 Å². The van der Waals surface area contributed by atoms with E-state index in [0.717, 1.165) is 40.8 Å². The molecule has 3 saturated carbocycles. The topological polar surface area (TPSA) is 66.4 Å². The second-order valence-electron chi connectivity index (χ2n) is 9.49. The Balaban J connectivity index is 1.45. The van der Waals surface area contributed by atoms with Gasteiger partial charge in [0.05, 0.1) is 5.56 Å². The lowest BCUT2D eigenvalue weighted by atomic mass is 9.44. The number of nitrogens with one attached hydrogen (secondary N) is 1. The Morgan fingerprint density at radius 2 is 2.07 bits per heavy atom. The molecule has 0 saturated heterocycles. The zero-order chi connectivity index (χ0) is 21.3. The van der Waals surface area contributed by atoms with E-state index in [-0.39, 0.29) is 23.8 Å². The second kappa shape index (κ2) is 8.54. The van der Waals surface area contributed by atoms with Crippen LogP contribution >= 0.6 is 11.3 Å². The molecule has 3 aliphatic rings. The maximum Gasteiger partial charge on any atom is 0.303 e. The van der Waals surface area contributed by atoms with Gasteiger partial charge in [-0.25, -0.2) is 0 Å². The Morgan fingerprint density at radius 3 is 2.83 bits per heavy atom. The van der Waals surface area contributed by atoms with Gasteiger partial charge in [0.25, 0.3) is 5.91 Å². The number of allylic oxidation sites excluding steroid dienone is 2. The monoisotopic (exact) mass is 425 g/mol. The summed E-state index contributed by atoms with van der Waals surface area (Å²) in [7, 11) is 0. The van der Waals surface area contributed by atoms with Crippen molar-refractivity contribution in [2.45, 2.75) is 58.4 Å². The van der Waals surface area contributed by atoms with Crippen molar-refractivity contribution < 1.29 is 14.7 Å². The average molecular weight is 426 g/mol. The van der Waals surface area contributed by atoms with Crippen LogP contribution in [0.4, 0.5) is 0 Å². The summed E-state index contributed by atoms with van der Waals surface area (Å²) in [5.41, 5.74) is 1.07. The van der Waals surface area contributed by atoms with Crippen molar-refractivity contribution in [1.82, 2.24) is 5.32 Å². The number of benzene rings is 1. The first kappa shape index (κ1) is 21.1. The Bertz CT molecular complexity index is 960. The summed E-state index contributed by atoms with van der Waals surface area (Å²) in [5.74, 6) is 1.02. The predicted molar refractivity (Wildman–Crippen MR) is 122 cm³/mol. The number of hydrogen-bond donors (Lipinski definition) is 2. The molecule has 4 atom stereocenters. The number of carbonyl (C=O) groups excluding carboxylic acids is 1. The second-order valence-corrected chi connectivity index (χ2v) is 10.4. The fourth-order valence-corrected chi connectivity index (χ4v) is 6.44. The van der Waals surface area contributed by atoms with Crippen LogP contribution in [0, 0.1) is 23.2 Å². The number of hydrogen-bond acceptors (Lipinski definition) is 3. The maximum absolute atomic E-state index is 13.2. The molecule has 2 unspecified atom stereocenters. The number of rotatable bonds is 8. The van der Waals surface area contributed by atoms with Gasteiger partial charge < -0.3 is 10.4 Å². The highest BCUT2D eigenvalue weighted by Gasteiger charge is 2.57. The standard InChI is InChI=1S/C25H31NO3S/c1-25(2)18-14-17(8-5-3-4-6-11-21(27)28)22(20(25)15-18)26-24(29)19-10-7-9-16-12-13-30-23(16)19/h3,5,7,9-10,12-13,17-18,20,22H,4,6,8,11,14-15H2,1-2H3,(H,26,29)(H,27,28)/b5-3-/t17?,18-,20-,22?/m0/s1. The number of thiophene rings is 1. The first-order valence-electron chi connectivity index (χ1n) is 11.0. The molecule has 1 amide bonds. The van der Waals surface area contributed by atoms with Gasteiger partial charge in [-0.1, -0.05) is 38.1 Å². The van der Waals surface area contributed by atoms with Gasteiger partial charge in [-0.3, -0.25) is 9.59 Å². The number of fused-ring (bicyclic) bond motifs is 3. The third-order valence-corrected chi connectivity index (χ3v) is 8.43. The molecule has 2 bridgehead atoms. The first-order valence-corrected chi connectivity index (χ1v) is 11.9. The maximum atomic E-state index is 13.2. The van der Waals surface area contributed by atoms with E-state index >= 15 is 0 Å². The van der Waals surface area contributed by atoms with Crippen molar-refractivity contribution in [2.24, 2.45) is 23.2 Å². The molecule has 5 rings (SSSR count). The van der Waals surface area contributed by atoms with Crippen molar-refractivity contribution in [3.8, 4) is 0 Å². The van der Waals surface area contributed by atoms with E-state index < -0.39 is 5.97 Å². The van der Waals surface area contributed by atoms with E-state index in [1.54, 1.807) is 11.3 Å². The number of carboxylic acid groups (broad SMARTS) is 1. The van der Waals surface area contributed by atoms with Crippen molar-refractivity contribution in [2.75, 3.05) is 0 Å². The summed E-state index contributed by atoms with van der Waals surface area (Å²) in [5, 5.41) is 15.4. The van der Waals surface area contributed by atoms with Crippen LogP contribution in [0.15, 0.2) is 41.8 Å². The van der Waals surface area contributed by atoms with Crippen LogP contribution in [-0.2, 0) is 4.79 Å². The van der Waals surface area contributed by atoms with Gasteiger partial charge in [-0.15, -0.1) is 11.3 Å². The van der Waals surface area contributed by atoms with Crippen LogP contribution < -0.4 is 5.32 Å². The fraction of sp³-hybridized carbons (Fsp3) is 0.520. The van der Waals surface area contributed by atoms with E-state index in [9.17, 15) is 9.59 Å². The Labute approximate surface area is 182 Å². The van der Waals surface area contributed by atoms with E-state index in [0.29, 0.717) is 18.3 Å². The minimum absolute atomic E-state index is 0.0460. The molecular weight excluding hydrogens is 394 g/mol. The minimum Gasteiger partial charge on any atom is -0.481 e. The van der Waals surface area contributed by atoms with Gasteiger partial charge >= 0.3 is 5.97 Å². The minimum atomic E-state index is -0.735. The van der Waals surface area contributed by atoms with Gasteiger partial charge in [0, 0.05) is 17.2 Å². The first-order chi connectivity index (χ1) is 14.4. The van der Waals surface area contributed by atoms with E-state index in [1.165, 1.54) is 6.42 Å². The zero-order valence-corrected chi connectivity index (χ0v) is 18.6. The Hall–Kier alpha value is -2.14. The number of carboxylic acids is 1. The van der Waals surface area contributed by atoms with Crippen molar-refractivity contribution in [1.29, 1.82) is 0 Å². The van der Waals surface area contributed by atoms with E-state index in [4.69, 9.17) is 5.11 Å². The highest BCUT2D eigenvalue weighted by Crippen LogP contribution is 2.61. The number of unbranched alkanes of at least 4 members (excludes halogenated alkanes) is 1. The molecule has 0 aliphatic heterocycles. The van der Waals surface area contributed by atoms with E-state index in [2.05, 4.69) is 43.4 Å². The summed E-state index contributed by atoms with van der Waals surface area (Å²) >= 11 is 1.63. The van der Waals surface area contributed by atoms with Gasteiger partial charge in [0.15, 0.2) is 0 Å². The van der Waals surface area contributed by atoms with Crippen LogP contribution in [0.1, 0.15) is 62.7 Å². The summed E-state index contributed by atoms with van der Waals surface area (Å²) in [6.45, 7) is 4.70. The van der Waals surface area contributed by atoms with Crippen LogP contribution in [0.25, 0.3) is 10.1 Å². The van der Waals surface area contributed by atoms with Crippen molar-refractivity contribution >= 4 is 33.3 Å². The van der Waals surface area contributed by atoms with Crippen LogP contribution in [0.5, 0.6) is 0 Å². The molecule has 4 nitrogen and oxygen atoms in total. The molecule has 5 heteroatoms. The highest BCUT2D eigenvalue weighted by atomic mass is 32.1. The number of aliphatic carboxylic acids is 1. The SMILES string of the molecule is CC1(C)[C@H]2CC(C/C=C\CCCC(=O)O)C(NC(=O)c3cccc4ccsc34)[C@@H]1C2. The molecular formula is C25H31NO3S. The molecule has 0 spiro atoms. The molecule has 1 aromatic carbocycles. The smallest absolute Gasteiger partial charge is 0.303 e. The van der Waals surface area contributed by atoms with Crippen molar-refractivity contribution in [3.05, 3.63) is 47.4 Å². The normalized spacial score (nSPS) is 27.1. The molecule has 2 aromatic rings. The van der Waals surface area contributed by atoms with E-state index in [1.807, 2.05) is 17.5 Å². The zero-order valence-electron chi connectivity index (χ0n) is 17.8. The lowest BCUT2D eigenvalue weighted by Gasteiger charge is -2.62. The van der Waals surface area contributed by atoms with Gasteiger partial charge in [-0.05, 0) is 78.2 Å². The molecule has 0 radical (unpaired) electrons. The lowest BCUT2D eigenvalue weighted by molar-refractivity contribution is -0.137. The predicted octanol–water partition coefficient (Wildman–Crippen LogP) is 5.88. The third kappa shape index (κ3) is 4.04. The molecule has 1 heterocycles. The fourth-order valence-electron chi connectivity index (χ4n) is 5.53.